The van der Waals surface area contributed by atoms with E-state index in [1.54, 1.807) is 23.2 Å². The monoisotopic (exact) mass is 428 g/mol. The van der Waals surface area contributed by atoms with Gasteiger partial charge < -0.3 is 10.2 Å². The third kappa shape index (κ3) is 4.49. The topological polar surface area (TPSA) is 78.1 Å². The number of nitrogens with one attached hydrogen (secondary N) is 2. The van der Waals surface area contributed by atoms with Crippen LogP contribution in [-0.4, -0.2) is 46.5 Å². The van der Waals surface area contributed by atoms with E-state index in [9.17, 15) is 9.59 Å². The second-order valence-electron chi connectivity index (χ2n) is 8.28. The average molecular weight is 429 g/mol. The standard InChI is InChI=1S/C26H28N4O2/c1-2-15-27-25(32)26(14-8-17-30(19-26)24(31)23-13-16-28-29-23)18-21-11-6-7-12-22(21)20-9-4-3-5-10-20/h2-7,9-13,16H,1,8,14-15,17-19H2,(H,27,32)(H,28,29). The predicted octanol–water partition coefficient (Wildman–Crippen LogP) is 3.84. The van der Waals surface area contributed by atoms with Gasteiger partial charge in [0, 0.05) is 25.8 Å². The molecule has 4 rings (SSSR count). The van der Waals surface area contributed by atoms with Gasteiger partial charge in [0.1, 0.15) is 5.69 Å². The molecule has 2 N–H and O–H groups in total. The smallest absolute Gasteiger partial charge is 0.271 e. The molecular formula is C26H28N4O2. The Morgan fingerprint density at radius 2 is 1.91 bits per heavy atom. The van der Waals surface area contributed by atoms with Crippen molar-refractivity contribution in [2.24, 2.45) is 5.41 Å². The molecule has 0 radical (unpaired) electrons. The molecule has 3 aromatic rings. The lowest BCUT2D eigenvalue weighted by atomic mass is 9.73. The average Bonchev–Trinajstić information content (AvgIpc) is 3.38. The molecule has 1 aliphatic heterocycles. The number of carbonyl (C=O) groups is 2. The van der Waals surface area contributed by atoms with E-state index in [-0.39, 0.29) is 11.8 Å². The number of rotatable bonds is 7. The Labute approximate surface area is 188 Å². The summed E-state index contributed by atoms with van der Waals surface area (Å²) in [6.45, 7) is 5.10. The summed E-state index contributed by atoms with van der Waals surface area (Å²) in [6.07, 6.45) is 5.27. The number of piperidine rings is 1. The highest BCUT2D eigenvalue weighted by molar-refractivity contribution is 5.93. The summed E-state index contributed by atoms with van der Waals surface area (Å²) in [7, 11) is 0. The van der Waals surface area contributed by atoms with E-state index < -0.39 is 5.41 Å². The normalized spacial score (nSPS) is 18.2. The quantitative estimate of drug-likeness (QED) is 0.561. The van der Waals surface area contributed by atoms with Crippen molar-refractivity contribution >= 4 is 11.8 Å². The Balaban J connectivity index is 1.68. The van der Waals surface area contributed by atoms with E-state index in [0.29, 0.717) is 38.2 Å². The number of aromatic amines is 1. The Hall–Kier alpha value is -3.67. The van der Waals surface area contributed by atoms with Gasteiger partial charge in [0.2, 0.25) is 5.91 Å². The van der Waals surface area contributed by atoms with E-state index in [0.717, 1.165) is 23.1 Å². The van der Waals surface area contributed by atoms with Crippen LogP contribution in [0.4, 0.5) is 0 Å². The van der Waals surface area contributed by atoms with Crippen LogP contribution in [0.15, 0.2) is 79.5 Å². The first-order valence-corrected chi connectivity index (χ1v) is 10.9. The highest BCUT2D eigenvalue weighted by Gasteiger charge is 2.44. The Kier molecular flexibility index (Phi) is 6.50. The van der Waals surface area contributed by atoms with Crippen LogP contribution >= 0.6 is 0 Å². The molecule has 0 bridgehead atoms. The molecule has 1 aromatic heterocycles. The molecule has 1 saturated heterocycles. The molecule has 32 heavy (non-hydrogen) atoms. The Bertz CT molecular complexity index is 1080. The van der Waals surface area contributed by atoms with Gasteiger partial charge >= 0.3 is 0 Å². The lowest BCUT2D eigenvalue weighted by molar-refractivity contribution is -0.133. The van der Waals surface area contributed by atoms with Crippen LogP contribution < -0.4 is 5.32 Å². The minimum Gasteiger partial charge on any atom is -0.352 e. The molecule has 1 aliphatic rings. The van der Waals surface area contributed by atoms with Gasteiger partial charge in [0.15, 0.2) is 0 Å². The third-order valence-corrected chi connectivity index (χ3v) is 6.11. The lowest BCUT2D eigenvalue weighted by Gasteiger charge is -2.42. The Morgan fingerprint density at radius 3 is 2.66 bits per heavy atom. The molecule has 164 valence electrons. The zero-order valence-corrected chi connectivity index (χ0v) is 18.1. The van der Waals surface area contributed by atoms with Crippen molar-refractivity contribution < 1.29 is 9.59 Å². The summed E-state index contributed by atoms with van der Waals surface area (Å²) < 4.78 is 0. The van der Waals surface area contributed by atoms with Crippen molar-refractivity contribution in [3.63, 3.8) is 0 Å². The maximum absolute atomic E-state index is 13.5. The lowest BCUT2D eigenvalue weighted by Crippen LogP contribution is -2.54. The van der Waals surface area contributed by atoms with Crippen molar-refractivity contribution in [1.82, 2.24) is 20.4 Å². The van der Waals surface area contributed by atoms with Crippen molar-refractivity contribution in [1.29, 1.82) is 0 Å². The molecule has 0 aliphatic carbocycles. The van der Waals surface area contributed by atoms with Crippen LogP contribution in [0.25, 0.3) is 11.1 Å². The summed E-state index contributed by atoms with van der Waals surface area (Å²) in [5, 5.41) is 9.65. The second-order valence-corrected chi connectivity index (χ2v) is 8.28. The fourth-order valence-corrected chi connectivity index (χ4v) is 4.55. The van der Waals surface area contributed by atoms with Crippen molar-refractivity contribution in [3.05, 3.63) is 90.8 Å². The number of H-pyrrole nitrogens is 1. The molecule has 6 nitrogen and oxygen atoms in total. The van der Waals surface area contributed by atoms with Gasteiger partial charge in [-0.3, -0.25) is 14.7 Å². The van der Waals surface area contributed by atoms with Crippen molar-refractivity contribution in [3.8, 4) is 11.1 Å². The molecule has 0 saturated carbocycles. The van der Waals surface area contributed by atoms with Crippen LogP contribution in [0.2, 0.25) is 0 Å². The van der Waals surface area contributed by atoms with Crippen LogP contribution in [0.5, 0.6) is 0 Å². The number of carbonyl (C=O) groups excluding carboxylic acids is 2. The maximum atomic E-state index is 13.5. The summed E-state index contributed by atoms with van der Waals surface area (Å²) in [5.74, 6) is -0.165. The number of amides is 2. The first-order chi connectivity index (χ1) is 15.6. The molecule has 2 aromatic carbocycles. The fraction of sp³-hybridized carbons (Fsp3) is 0.269. The third-order valence-electron chi connectivity index (χ3n) is 6.11. The van der Waals surface area contributed by atoms with Gasteiger partial charge in [-0.15, -0.1) is 6.58 Å². The number of likely N-dealkylation sites (tertiary alicyclic amines) is 1. The number of hydrogen-bond donors (Lipinski definition) is 2. The minimum absolute atomic E-state index is 0.0395. The number of nitrogens with zero attached hydrogens (tertiary/aromatic N) is 2. The van der Waals surface area contributed by atoms with Gasteiger partial charge in [-0.2, -0.15) is 5.10 Å². The van der Waals surface area contributed by atoms with Crippen LogP contribution in [0.3, 0.4) is 0 Å². The molecule has 1 unspecified atom stereocenters. The van der Waals surface area contributed by atoms with E-state index in [1.807, 2.05) is 30.3 Å². The van der Waals surface area contributed by atoms with E-state index >= 15 is 0 Å². The molecule has 0 spiro atoms. The molecule has 1 atom stereocenters. The van der Waals surface area contributed by atoms with Crippen LogP contribution in [0, 0.1) is 5.41 Å². The molecule has 2 amide bonds. The Morgan fingerprint density at radius 1 is 1.12 bits per heavy atom. The van der Waals surface area contributed by atoms with E-state index in [2.05, 4.69) is 46.4 Å². The van der Waals surface area contributed by atoms with Gasteiger partial charge in [-0.05, 0) is 42.0 Å². The minimum atomic E-state index is -0.720. The molecule has 1 fully saturated rings. The summed E-state index contributed by atoms with van der Waals surface area (Å²) in [4.78, 5) is 28.3. The van der Waals surface area contributed by atoms with Gasteiger partial charge in [0.25, 0.3) is 5.91 Å². The first kappa shape index (κ1) is 21.6. The second kappa shape index (κ2) is 9.64. The van der Waals surface area contributed by atoms with Crippen molar-refractivity contribution in [2.75, 3.05) is 19.6 Å². The zero-order chi connectivity index (χ0) is 22.4. The summed E-state index contributed by atoms with van der Waals surface area (Å²) in [6, 6.07) is 20.1. The largest absolute Gasteiger partial charge is 0.352 e. The zero-order valence-electron chi connectivity index (χ0n) is 18.1. The highest BCUT2D eigenvalue weighted by Crippen LogP contribution is 2.37. The predicted molar refractivity (Wildman–Crippen MR) is 125 cm³/mol. The number of hydrogen-bond acceptors (Lipinski definition) is 3. The van der Waals surface area contributed by atoms with Gasteiger partial charge in [0.05, 0.1) is 5.41 Å². The van der Waals surface area contributed by atoms with E-state index in [4.69, 9.17) is 0 Å². The van der Waals surface area contributed by atoms with Crippen molar-refractivity contribution in [2.45, 2.75) is 19.3 Å². The van der Waals surface area contributed by atoms with Crippen LogP contribution in [0.1, 0.15) is 28.9 Å². The highest BCUT2D eigenvalue weighted by atomic mass is 16.2. The first-order valence-electron chi connectivity index (χ1n) is 10.9. The fourth-order valence-electron chi connectivity index (χ4n) is 4.55. The summed E-state index contributed by atoms with van der Waals surface area (Å²) >= 11 is 0. The number of benzene rings is 2. The summed E-state index contributed by atoms with van der Waals surface area (Å²) in [5.41, 5.74) is 3.05. The molecule has 6 heteroatoms. The SMILES string of the molecule is C=CCNC(=O)C1(Cc2ccccc2-c2ccccc2)CCCN(C(=O)c2ccn[nH]2)C1. The van der Waals surface area contributed by atoms with Gasteiger partial charge in [-0.1, -0.05) is 60.7 Å². The number of aromatic nitrogens is 2. The van der Waals surface area contributed by atoms with Crippen LogP contribution in [-0.2, 0) is 11.2 Å². The molecule has 2 heterocycles. The maximum Gasteiger partial charge on any atom is 0.271 e. The van der Waals surface area contributed by atoms with E-state index in [1.165, 1.54) is 0 Å². The molecular weight excluding hydrogens is 400 g/mol. The van der Waals surface area contributed by atoms with Gasteiger partial charge in [-0.25, -0.2) is 0 Å².